The van der Waals surface area contributed by atoms with Gasteiger partial charge < -0.3 is 10.1 Å². The quantitative estimate of drug-likeness (QED) is 0.683. The molecule has 0 unspecified atom stereocenters. The van der Waals surface area contributed by atoms with Crippen LogP contribution in [0.1, 0.15) is 16.1 Å². The maximum Gasteiger partial charge on any atom is 0.353 e. The number of hydrogen-bond acceptors (Lipinski definition) is 2. The van der Waals surface area contributed by atoms with Gasteiger partial charge >= 0.3 is 5.97 Å². The highest BCUT2D eigenvalue weighted by molar-refractivity contribution is 9.10. The molecule has 3 nitrogen and oxygen atoms in total. The number of aryl methyl sites for hydroxylation is 1. The number of carboxylic acid groups (broad SMARTS) is 1. The number of hydrogen-bond donors (Lipinski definition) is 2. The van der Waals surface area contributed by atoms with Crippen molar-refractivity contribution < 1.29 is 9.90 Å². The van der Waals surface area contributed by atoms with Gasteiger partial charge in [-0.25, -0.2) is 4.79 Å². The first-order valence-electron chi connectivity index (χ1n) is 6.33. The van der Waals surface area contributed by atoms with Crippen molar-refractivity contribution in [1.82, 2.24) is 4.98 Å². The number of aromatic amines is 1. The summed E-state index contributed by atoms with van der Waals surface area (Å²) in [4.78, 5) is 16.2. The highest BCUT2D eigenvalue weighted by atomic mass is 79.9. The molecule has 0 saturated heterocycles. The monoisotopic (exact) mass is 361 g/mol. The van der Waals surface area contributed by atoms with Crippen molar-refractivity contribution in [3.8, 4) is 0 Å². The molecule has 3 rings (SSSR count). The van der Waals surface area contributed by atoms with Gasteiger partial charge in [0.2, 0.25) is 0 Å². The molecule has 0 aliphatic rings. The lowest BCUT2D eigenvalue weighted by Crippen LogP contribution is -1.97. The number of fused-ring (bicyclic) bond motifs is 1. The molecule has 0 atom stereocenters. The number of nitrogens with one attached hydrogen (secondary N) is 1. The van der Waals surface area contributed by atoms with Gasteiger partial charge in [-0.2, -0.15) is 0 Å². The van der Waals surface area contributed by atoms with E-state index >= 15 is 0 Å². The van der Waals surface area contributed by atoms with Crippen molar-refractivity contribution in [3.05, 3.63) is 58.2 Å². The predicted molar refractivity (Wildman–Crippen MR) is 88.3 cm³/mol. The van der Waals surface area contributed by atoms with Crippen LogP contribution in [-0.4, -0.2) is 16.1 Å². The third kappa shape index (κ3) is 2.84. The van der Waals surface area contributed by atoms with Gasteiger partial charge in [0, 0.05) is 20.3 Å². The molecular formula is C16H12BrNO2S. The molecule has 0 aliphatic heterocycles. The largest absolute Gasteiger partial charge is 0.477 e. The Labute approximate surface area is 134 Å². The molecular weight excluding hydrogens is 350 g/mol. The lowest BCUT2D eigenvalue weighted by molar-refractivity contribution is 0.0688. The van der Waals surface area contributed by atoms with Gasteiger partial charge in [-0.15, -0.1) is 0 Å². The average molecular weight is 362 g/mol. The molecule has 1 heterocycles. The average Bonchev–Trinajstić information content (AvgIpc) is 2.79. The minimum atomic E-state index is -0.941. The summed E-state index contributed by atoms with van der Waals surface area (Å²) in [5, 5.41) is 10.3. The first kappa shape index (κ1) is 14.2. The van der Waals surface area contributed by atoms with E-state index in [4.69, 9.17) is 0 Å². The Morgan fingerprint density at radius 2 is 1.90 bits per heavy atom. The van der Waals surface area contributed by atoms with Crippen LogP contribution in [0.2, 0.25) is 0 Å². The molecule has 0 fully saturated rings. The lowest BCUT2D eigenvalue weighted by Gasteiger charge is -2.02. The molecule has 3 aromatic rings. The summed E-state index contributed by atoms with van der Waals surface area (Å²) in [6.45, 7) is 1.99. The number of halogens is 1. The second kappa shape index (κ2) is 5.58. The summed E-state index contributed by atoms with van der Waals surface area (Å²) in [5.41, 5.74) is 2.19. The fourth-order valence-electron chi connectivity index (χ4n) is 2.16. The third-order valence-corrected chi connectivity index (χ3v) is 4.82. The van der Waals surface area contributed by atoms with E-state index in [1.54, 1.807) is 0 Å². The first-order chi connectivity index (χ1) is 10.0. The predicted octanol–water partition coefficient (Wildman–Crippen LogP) is 5.09. The molecule has 0 amide bonds. The molecule has 21 heavy (non-hydrogen) atoms. The van der Waals surface area contributed by atoms with Gasteiger partial charge in [-0.1, -0.05) is 39.8 Å². The summed E-state index contributed by atoms with van der Waals surface area (Å²) < 4.78 is 1.000. The summed E-state index contributed by atoms with van der Waals surface area (Å²) in [5.74, 6) is -0.941. The molecule has 0 radical (unpaired) electrons. The zero-order chi connectivity index (χ0) is 15.0. The summed E-state index contributed by atoms with van der Waals surface area (Å²) in [7, 11) is 0. The van der Waals surface area contributed by atoms with Crippen molar-refractivity contribution in [2.75, 3.05) is 0 Å². The summed E-state index contributed by atoms with van der Waals surface area (Å²) in [6.07, 6.45) is 0. The Morgan fingerprint density at radius 1 is 1.19 bits per heavy atom. The van der Waals surface area contributed by atoms with E-state index in [9.17, 15) is 9.90 Å². The van der Waals surface area contributed by atoms with Crippen LogP contribution < -0.4 is 0 Å². The molecule has 106 valence electrons. The van der Waals surface area contributed by atoms with E-state index in [-0.39, 0.29) is 5.69 Å². The molecule has 5 heteroatoms. The summed E-state index contributed by atoms with van der Waals surface area (Å²) in [6, 6.07) is 13.7. The minimum absolute atomic E-state index is 0.239. The number of aromatic carboxylic acids is 1. The second-order valence-electron chi connectivity index (χ2n) is 4.74. The molecule has 2 N–H and O–H groups in total. The molecule has 0 saturated carbocycles. The Morgan fingerprint density at radius 3 is 2.57 bits per heavy atom. The van der Waals surface area contributed by atoms with Crippen LogP contribution in [0.5, 0.6) is 0 Å². The number of rotatable bonds is 3. The van der Waals surface area contributed by atoms with Gasteiger partial charge in [-0.05, 0) is 42.8 Å². The highest BCUT2D eigenvalue weighted by Crippen LogP contribution is 2.37. The second-order valence-corrected chi connectivity index (χ2v) is 6.74. The van der Waals surface area contributed by atoms with Crippen molar-refractivity contribution in [2.24, 2.45) is 0 Å². The fourth-order valence-corrected chi connectivity index (χ4v) is 3.46. The summed E-state index contributed by atoms with van der Waals surface area (Å²) >= 11 is 4.86. The first-order valence-corrected chi connectivity index (χ1v) is 7.94. The van der Waals surface area contributed by atoms with Crippen LogP contribution in [0.3, 0.4) is 0 Å². The van der Waals surface area contributed by atoms with Crippen LogP contribution in [0.15, 0.2) is 56.7 Å². The van der Waals surface area contributed by atoms with Crippen LogP contribution >= 0.6 is 27.7 Å². The molecule has 0 aliphatic carbocycles. The van der Waals surface area contributed by atoms with Crippen LogP contribution in [-0.2, 0) is 0 Å². The van der Waals surface area contributed by atoms with E-state index < -0.39 is 5.97 Å². The third-order valence-electron chi connectivity index (χ3n) is 3.15. The maximum atomic E-state index is 11.5. The highest BCUT2D eigenvalue weighted by Gasteiger charge is 2.18. The van der Waals surface area contributed by atoms with Gasteiger partial charge in [-0.3, -0.25) is 0 Å². The Balaban J connectivity index is 2.13. The fraction of sp³-hybridized carbons (Fsp3) is 0.0625. The zero-order valence-electron chi connectivity index (χ0n) is 11.2. The number of aromatic nitrogens is 1. The van der Waals surface area contributed by atoms with E-state index in [2.05, 4.69) is 20.9 Å². The maximum absolute atomic E-state index is 11.5. The molecule has 0 spiro atoms. The van der Waals surface area contributed by atoms with Gasteiger partial charge in [0.15, 0.2) is 0 Å². The Hall–Kier alpha value is -1.72. The van der Waals surface area contributed by atoms with Crippen molar-refractivity contribution in [2.45, 2.75) is 16.7 Å². The van der Waals surface area contributed by atoms with E-state index in [0.717, 1.165) is 30.7 Å². The Bertz CT molecular complexity index is 824. The molecule has 2 aromatic carbocycles. The van der Waals surface area contributed by atoms with E-state index in [1.165, 1.54) is 11.8 Å². The zero-order valence-corrected chi connectivity index (χ0v) is 13.6. The van der Waals surface area contributed by atoms with Crippen molar-refractivity contribution >= 4 is 44.6 Å². The van der Waals surface area contributed by atoms with Crippen LogP contribution in [0.4, 0.5) is 0 Å². The van der Waals surface area contributed by atoms with Crippen LogP contribution in [0, 0.1) is 6.92 Å². The van der Waals surface area contributed by atoms with Crippen LogP contribution in [0.25, 0.3) is 10.9 Å². The number of benzene rings is 2. The van der Waals surface area contributed by atoms with E-state index in [0.29, 0.717) is 0 Å². The smallest absolute Gasteiger partial charge is 0.353 e. The standard InChI is InChI=1S/C16H12BrNO2S/c1-9-2-7-12-13(8-9)18-14(16(19)20)15(12)21-11-5-3-10(17)4-6-11/h2-8,18H,1H3,(H,19,20). The number of carboxylic acids is 1. The number of H-pyrrole nitrogens is 1. The topological polar surface area (TPSA) is 53.1 Å². The lowest BCUT2D eigenvalue weighted by atomic mass is 10.2. The minimum Gasteiger partial charge on any atom is -0.477 e. The van der Waals surface area contributed by atoms with E-state index in [1.807, 2.05) is 49.4 Å². The van der Waals surface area contributed by atoms with Gasteiger partial charge in [0.1, 0.15) is 5.69 Å². The molecule has 1 aromatic heterocycles. The van der Waals surface area contributed by atoms with Gasteiger partial charge in [0.25, 0.3) is 0 Å². The van der Waals surface area contributed by atoms with Crippen molar-refractivity contribution in [3.63, 3.8) is 0 Å². The van der Waals surface area contributed by atoms with Gasteiger partial charge in [0.05, 0.1) is 4.90 Å². The molecule has 0 bridgehead atoms. The van der Waals surface area contributed by atoms with Crippen molar-refractivity contribution in [1.29, 1.82) is 0 Å². The normalized spacial score (nSPS) is 11.0. The number of carbonyl (C=O) groups is 1. The Kier molecular flexibility index (Phi) is 3.78. The SMILES string of the molecule is Cc1ccc2c(Sc3ccc(Br)cc3)c(C(=O)O)[nH]c2c1.